The zero-order chi connectivity index (χ0) is 41.1. The Morgan fingerprint density at radius 2 is 0.649 bits per heavy atom. The Balaban J connectivity index is 2.18. The van der Waals surface area contributed by atoms with Crippen molar-refractivity contribution in [2.24, 2.45) is 0 Å². The van der Waals surface area contributed by atoms with Crippen molar-refractivity contribution in [3.8, 4) is 0 Å². The first-order chi connectivity index (χ1) is 28.0. The van der Waals surface area contributed by atoms with Crippen LogP contribution in [-0.2, 0) is 38.5 Å². The molecule has 0 unspecified atom stereocenters. The van der Waals surface area contributed by atoms with Crippen LogP contribution in [-0.4, -0.2) is 4.70 Å². The summed E-state index contributed by atoms with van der Waals surface area (Å²) in [5.74, 6) is 0. The van der Waals surface area contributed by atoms with Gasteiger partial charge >= 0.3 is 0 Å². The standard InChI is InChI=1S/C55H90N2/c1-8-15-22-29-33-45-40-50(41-46(34-30-23-16-9-2)52(45)38-27-20-13-6)54-44-49(37-26-19-12-5)55(57(54)56)51-42-47(35-31-24-17-10-3)53(39-28-21-14-7)48(43-51)36-32-25-18-11-4/h40-44H,8-39H2,1-7H3. The van der Waals surface area contributed by atoms with Gasteiger partial charge in [0, 0.05) is 22.8 Å². The number of hydrogen-bond acceptors (Lipinski definition) is 0. The minimum Gasteiger partial charge on any atom is -0.493 e. The Hall–Kier alpha value is -2.48. The quantitative estimate of drug-likeness (QED) is 0.0499. The first kappa shape index (κ1) is 48.9. The maximum Gasteiger partial charge on any atom is 0.210 e. The molecular formula is C55H90N2. The van der Waals surface area contributed by atoms with Crippen LogP contribution in [0.2, 0.25) is 0 Å². The second-order valence-electron chi connectivity index (χ2n) is 17.9. The van der Waals surface area contributed by atoms with Gasteiger partial charge < -0.3 is 5.53 Å². The minimum atomic E-state index is 1.00. The summed E-state index contributed by atoms with van der Waals surface area (Å²) in [6.07, 6.45) is 42.3. The van der Waals surface area contributed by atoms with Crippen molar-refractivity contribution in [1.29, 1.82) is 0 Å². The molecule has 0 N–H and O–H groups in total. The van der Waals surface area contributed by atoms with E-state index in [1.165, 1.54) is 184 Å². The van der Waals surface area contributed by atoms with Crippen molar-refractivity contribution in [1.82, 2.24) is 0 Å². The van der Waals surface area contributed by atoms with Gasteiger partial charge in [-0.25, -0.2) is 4.70 Å². The minimum absolute atomic E-state index is 1.00. The molecule has 1 heterocycles. The molecular weight excluding hydrogens is 689 g/mol. The summed E-state index contributed by atoms with van der Waals surface area (Å²) >= 11 is 0. The van der Waals surface area contributed by atoms with Crippen molar-refractivity contribution < 1.29 is 4.70 Å². The predicted molar refractivity (Wildman–Crippen MR) is 253 cm³/mol. The van der Waals surface area contributed by atoms with Gasteiger partial charge in [0.1, 0.15) is 0 Å². The van der Waals surface area contributed by atoms with Gasteiger partial charge in [0.25, 0.3) is 0 Å². The second kappa shape index (κ2) is 29.7. The molecule has 0 aliphatic carbocycles. The van der Waals surface area contributed by atoms with Crippen molar-refractivity contribution in [2.75, 3.05) is 0 Å². The highest BCUT2D eigenvalue weighted by Gasteiger charge is 2.31. The summed E-state index contributed by atoms with van der Waals surface area (Å²) in [4.78, 5) is 0. The Labute approximate surface area is 354 Å². The Morgan fingerprint density at radius 3 is 1.00 bits per heavy atom. The van der Waals surface area contributed by atoms with E-state index in [4.69, 9.17) is 0 Å². The summed E-state index contributed by atoms with van der Waals surface area (Å²) in [7, 11) is 0. The highest BCUT2D eigenvalue weighted by atomic mass is 15.2. The fraction of sp³-hybridized carbons (Fsp3) is 0.709. The Bertz CT molecular complexity index is 1420. The zero-order valence-corrected chi connectivity index (χ0v) is 38.9. The fourth-order valence-corrected chi connectivity index (χ4v) is 9.31. The van der Waals surface area contributed by atoms with Crippen LogP contribution >= 0.6 is 0 Å². The molecule has 2 nitrogen and oxygen atoms in total. The summed E-state index contributed by atoms with van der Waals surface area (Å²) in [6.45, 7) is 16.3. The van der Waals surface area contributed by atoms with E-state index in [-0.39, 0.29) is 0 Å². The molecule has 1 aliphatic rings. The van der Waals surface area contributed by atoms with Gasteiger partial charge in [0.2, 0.25) is 11.4 Å². The van der Waals surface area contributed by atoms with Crippen LogP contribution in [0.25, 0.3) is 16.9 Å². The Kier molecular flexibility index (Phi) is 25.5. The molecule has 2 aromatic carbocycles. The van der Waals surface area contributed by atoms with Crippen LogP contribution in [0.15, 0.2) is 35.9 Å². The lowest BCUT2D eigenvalue weighted by molar-refractivity contribution is -0.344. The second-order valence-corrected chi connectivity index (χ2v) is 17.9. The lowest BCUT2D eigenvalue weighted by atomic mass is 9.87. The number of benzene rings is 2. The molecule has 0 amide bonds. The smallest absolute Gasteiger partial charge is 0.210 e. The van der Waals surface area contributed by atoms with Crippen LogP contribution in [0.3, 0.4) is 0 Å². The van der Waals surface area contributed by atoms with Crippen LogP contribution in [0.4, 0.5) is 0 Å². The predicted octanol–water partition coefficient (Wildman–Crippen LogP) is 18.0. The van der Waals surface area contributed by atoms with Crippen LogP contribution in [0.5, 0.6) is 0 Å². The van der Waals surface area contributed by atoms with Crippen molar-refractivity contribution in [3.63, 3.8) is 0 Å². The average Bonchev–Trinajstić information content (AvgIpc) is 3.55. The normalized spacial score (nSPS) is 13.0. The molecule has 3 rings (SSSR count). The summed E-state index contributed by atoms with van der Waals surface area (Å²) in [5.41, 5.74) is 28.0. The van der Waals surface area contributed by atoms with Crippen LogP contribution < -0.4 is 0 Å². The van der Waals surface area contributed by atoms with E-state index >= 15 is 0 Å². The van der Waals surface area contributed by atoms with Crippen molar-refractivity contribution in [3.05, 3.63) is 86.0 Å². The topological polar surface area (TPSA) is 25.3 Å². The van der Waals surface area contributed by atoms with E-state index in [9.17, 15) is 5.53 Å². The number of nitrogens with zero attached hydrogens (tertiary/aromatic N) is 2. The molecule has 0 spiro atoms. The third-order valence-corrected chi connectivity index (χ3v) is 12.8. The largest absolute Gasteiger partial charge is 0.493 e. The lowest BCUT2D eigenvalue weighted by Crippen LogP contribution is -2.09. The molecule has 320 valence electrons. The SMILES string of the molecule is CCCCCCc1cc(C2=CC(CCCCC)=C(c3cc(CCCCCC)c(CCCCC)c(CCCCCC)c3)[N+]2=[N-])cc(CCCCCC)c1CCCCC. The number of rotatable bonds is 34. The number of unbranched alkanes of at least 4 members (excludes halogenated alkanes) is 18. The average molecular weight is 779 g/mol. The Morgan fingerprint density at radius 1 is 0.351 bits per heavy atom. The highest BCUT2D eigenvalue weighted by molar-refractivity contribution is 5.79. The molecule has 57 heavy (non-hydrogen) atoms. The molecule has 2 aromatic rings. The summed E-state index contributed by atoms with van der Waals surface area (Å²) in [5, 5.41) is 0. The van der Waals surface area contributed by atoms with E-state index in [2.05, 4.69) is 78.8 Å². The first-order valence-corrected chi connectivity index (χ1v) is 25.2. The highest BCUT2D eigenvalue weighted by Crippen LogP contribution is 2.41. The molecule has 0 fully saturated rings. The van der Waals surface area contributed by atoms with E-state index in [1.54, 1.807) is 38.1 Å². The number of hydrogen-bond donors (Lipinski definition) is 0. The monoisotopic (exact) mass is 779 g/mol. The van der Waals surface area contributed by atoms with Crippen LogP contribution in [0.1, 0.15) is 260 Å². The van der Waals surface area contributed by atoms with Gasteiger partial charge in [-0.05, 0) is 148 Å². The van der Waals surface area contributed by atoms with E-state index in [0.29, 0.717) is 0 Å². The zero-order valence-electron chi connectivity index (χ0n) is 38.9. The fourth-order valence-electron chi connectivity index (χ4n) is 9.31. The van der Waals surface area contributed by atoms with Crippen molar-refractivity contribution >= 4 is 11.4 Å². The lowest BCUT2D eigenvalue weighted by Gasteiger charge is -2.20. The third-order valence-electron chi connectivity index (χ3n) is 12.8. The van der Waals surface area contributed by atoms with Crippen LogP contribution in [0, 0.1) is 0 Å². The molecule has 0 aromatic heterocycles. The maximum absolute atomic E-state index is 12.6. The first-order valence-electron chi connectivity index (χ1n) is 25.2. The summed E-state index contributed by atoms with van der Waals surface area (Å²) in [6, 6.07) is 10.1. The van der Waals surface area contributed by atoms with Gasteiger partial charge in [-0.3, -0.25) is 0 Å². The molecule has 0 saturated heterocycles. The third kappa shape index (κ3) is 16.6. The summed E-state index contributed by atoms with van der Waals surface area (Å²) < 4.78 is 1.66. The van der Waals surface area contributed by atoms with Crippen molar-refractivity contribution in [2.45, 2.75) is 254 Å². The molecule has 2 heteroatoms. The van der Waals surface area contributed by atoms with Gasteiger partial charge in [-0.2, -0.15) is 0 Å². The maximum atomic E-state index is 12.6. The van der Waals surface area contributed by atoms with E-state index in [0.717, 1.165) is 49.9 Å². The van der Waals surface area contributed by atoms with E-state index in [1.807, 2.05) is 0 Å². The number of allylic oxidation sites excluding steroid dienone is 2. The molecule has 0 saturated carbocycles. The van der Waals surface area contributed by atoms with Gasteiger partial charge in [-0.15, -0.1) is 0 Å². The molecule has 0 bridgehead atoms. The van der Waals surface area contributed by atoms with E-state index < -0.39 is 0 Å². The molecule has 1 aliphatic heterocycles. The van der Waals surface area contributed by atoms with Gasteiger partial charge in [0.15, 0.2) is 0 Å². The van der Waals surface area contributed by atoms with Gasteiger partial charge in [-0.1, -0.05) is 164 Å². The van der Waals surface area contributed by atoms with Gasteiger partial charge in [0.05, 0.1) is 0 Å². The molecule has 0 radical (unpaired) electrons. The number of aryl methyl sites for hydroxylation is 4. The molecule has 0 atom stereocenters.